The lowest BCUT2D eigenvalue weighted by molar-refractivity contribution is -0.131. The third-order valence-corrected chi connectivity index (χ3v) is 3.81. The van der Waals surface area contributed by atoms with Crippen LogP contribution in [0.1, 0.15) is 47.6 Å². The van der Waals surface area contributed by atoms with Crippen molar-refractivity contribution in [1.29, 1.82) is 0 Å². The van der Waals surface area contributed by atoms with Gasteiger partial charge in [-0.15, -0.1) is 10.2 Å². The molecule has 2 aromatic heterocycles. The van der Waals surface area contributed by atoms with Crippen molar-refractivity contribution in [2.24, 2.45) is 0 Å². The van der Waals surface area contributed by atoms with E-state index >= 15 is 0 Å². The smallest absolute Gasteiger partial charge is 0.397 e. The molecule has 0 spiro atoms. The Labute approximate surface area is 140 Å². The molecule has 1 aliphatic rings. The maximum absolute atomic E-state index is 12.7. The predicted molar refractivity (Wildman–Crippen MR) is 78.1 cm³/mol. The molecule has 1 saturated heterocycles. The van der Waals surface area contributed by atoms with Crippen LogP contribution in [0.3, 0.4) is 0 Å². The molecule has 25 heavy (non-hydrogen) atoms. The summed E-state index contributed by atoms with van der Waals surface area (Å²) in [5.41, 5.74) is 5.68. The van der Waals surface area contributed by atoms with Gasteiger partial charge in [-0.25, -0.2) is 9.97 Å². The lowest BCUT2D eigenvalue weighted by Gasteiger charge is -2.33. The van der Waals surface area contributed by atoms with Crippen molar-refractivity contribution in [3.05, 3.63) is 29.9 Å². The van der Waals surface area contributed by atoms with Crippen molar-refractivity contribution in [3.63, 3.8) is 0 Å². The maximum atomic E-state index is 12.7. The molecular weight excluding hydrogens is 341 g/mol. The molecule has 0 saturated carbocycles. The van der Waals surface area contributed by atoms with Gasteiger partial charge in [0.25, 0.3) is 5.91 Å². The fraction of sp³-hybridized carbons (Fsp3) is 0.500. The van der Waals surface area contributed by atoms with Gasteiger partial charge in [-0.2, -0.15) is 13.2 Å². The largest absolute Gasteiger partial charge is 0.423 e. The second kappa shape index (κ2) is 6.65. The van der Waals surface area contributed by atoms with Crippen LogP contribution >= 0.6 is 0 Å². The Bertz CT molecular complexity index is 763. The van der Waals surface area contributed by atoms with Gasteiger partial charge in [-0.3, -0.25) is 4.79 Å². The zero-order valence-corrected chi connectivity index (χ0v) is 13.0. The van der Waals surface area contributed by atoms with Crippen LogP contribution in [0.25, 0.3) is 0 Å². The minimum absolute atomic E-state index is 0.00979. The summed E-state index contributed by atoms with van der Waals surface area (Å²) in [6.07, 6.45) is -1.03. The Morgan fingerprint density at radius 2 is 2.04 bits per heavy atom. The Balaban J connectivity index is 1.84. The Morgan fingerprint density at radius 3 is 2.76 bits per heavy atom. The van der Waals surface area contributed by atoms with Gasteiger partial charge in [0.2, 0.25) is 11.8 Å². The zero-order valence-electron chi connectivity index (χ0n) is 13.0. The van der Waals surface area contributed by atoms with E-state index in [4.69, 9.17) is 10.2 Å². The average molecular weight is 356 g/mol. The normalized spacial score (nSPS) is 18.4. The topological polar surface area (TPSA) is 111 Å². The highest BCUT2D eigenvalue weighted by Crippen LogP contribution is 2.32. The molecule has 3 rings (SSSR count). The molecule has 0 aliphatic carbocycles. The van der Waals surface area contributed by atoms with Crippen LogP contribution in [-0.2, 0) is 6.42 Å². The van der Waals surface area contributed by atoms with Crippen LogP contribution in [0.5, 0.6) is 0 Å². The molecule has 1 atom stereocenters. The molecule has 11 heteroatoms. The van der Waals surface area contributed by atoms with Gasteiger partial charge in [-0.1, -0.05) is 0 Å². The van der Waals surface area contributed by atoms with Gasteiger partial charge in [-0.05, 0) is 19.3 Å². The van der Waals surface area contributed by atoms with Crippen LogP contribution in [0, 0.1) is 0 Å². The third kappa shape index (κ3) is 3.86. The first kappa shape index (κ1) is 17.1. The number of halogens is 3. The van der Waals surface area contributed by atoms with Crippen LogP contribution in [0.4, 0.5) is 19.0 Å². The molecule has 0 radical (unpaired) electrons. The number of aromatic nitrogens is 4. The lowest BCUT2D eigenvalue weighted by Crippen LogP contribution is -2.39. The monoisotopic (exact) mass is 356 g/mol. The fourth-order valence-electron chi connectivity index (χ4n) is 2.73. The van der Waals surface area contributed by atoms with E-state index in [0.717, 1.165) is 12.8 Å². The second-order valence-electron chi connectivity index (χ2n) is 5.63. The molecule has 1 amide bonds. The first-order chi connectivity index (χ1) is 11.8. The molecule has 0 unspecified atom stereocenters. The summed E-state index contributed by atoms with van der Waals surface area (Å²) < 4.78 is 42.5. The Kier molecular flexibility index (Phi) is 4.55. The molecular formula is C14H15F3N6O2. The number of piperidine rings is 1. The van der Waals surface area contributed by atoms with Gasteiger partial charge in [0, 0.05) is 18.9 Å². The highest BCUT2D eigenvalue weighted by molar-refractivity contribution is 5.96. The van der Waals surface area contributed by atoms with Crippen LogP contribution in [0.15, 0.2) is 16.8 Å². The van der Waals surface area contributed by atoms with Gasteiger partial charge in [0.05, 0.1) is 0 Å². The number of carbonyl (C=O) groups is 1. The number of rotatable bonds is 3. The molecule has 0 aromatic carbocycles. The van der Waals surface area contributed by atoms with Crippen LogP contribution < -0.4 is 5.73 Å². The van der Waals surface area contributed by atoms with E-state index in [0.29, 0.717) is 13.0 Å². The van der Waals surface area contributed by atoms with Crippen molar-refractivity contribution < 1.29 is 22.4 Å². The summed E-state index contributed by atoms with van der Waals surface area (Å²) in [4.78, 5) is 21.9. The first-order valence-electron chi connectivity index (χ1n) is 7.61. The second-order valence-corrected chi connectivity index (χ2v) is 5.63. The maximum Gasteiger partial charge on any atom is 0.397 e. The summed E-state index contributed by atoms with van der Waals surface area (Å²) >= 11 is 0. The Hall–Kier alpha value is -2.72. The lowest BCUT2D eigenvalue weighted by atomic mass is 10.0. The summed E-state index contributed by atoms with van der Waals surface area (Å²) in [5.74, 6) is -1.03. The van der Waals surface area contributed by atoms with Crippen molar-refractivity contribution in [1.82, 2.24) is 25.1 Å². The number of nitrogen functional groups attached to an aromatic ring is 1. The van der Waals surface area contributed by atoms with Crippen molar-refractivity contribution in [3.8, 4) is 0 Å². The SMILES string of the molecule is Nc1nccnc1C(=O)N1CCCC[C@@H]1c1nnc(CC(F)(F)F)o1. The van der Waals surface area contributed by atoms with Gasteiger partial charge in [0.15, 0.2) is 11.5 Å². The van der Waals surface area contributed by atoms with E-state index in [2.05, 4.69) is 20.2 Å². The minimum Gasteiger partial charge on any atom is -0.423 e. The van der Waals surface area contributed by atoms with E-state index < -0.39 is 30.4 Å². The number of nitrogens with zero attached hydrogens (tertiary/aromatic N) is 5. The number of hydrogen-bond acceptors (Lipinski definition) is 7. The summed E-state index contributed by atoms with van der Waals surface area (Å²) in [6, 6.07) is -0.614. The van der Waals surface area contributed by atoms with Crippen molar-refractivity contribution in [2.75, 3.05) is 12.3 Å². The quantitative estimate of drug-likeness (QED) is 0.894. The molecule has 2 aromatic rings. The van der Waals surface area contributed by atoms with Gasteiger partial charge < -0.3 is 15.1 Å². The molecule has 2 N–H and O–H groups in total. The number of likely N-dealkylation sites (tertiary alicyclic amines) is 1. The predicted octanol–water partition coefficient (Wildman–Crippen LogP) is 1.91. The molecule has 1 fully saturated rings. The molecule has 1 aliphatic heterocycles. The molecule has 8 nitrogen and oxygen atoms in total. The van der Waals surface area contributed by atoms with Crippen molar-refractivity contribution in [2.45, 2.75) is 37.9 Å². The molecule has 134 valence electrons. The highest BCUT2D eigenvalue weighted by Gasteiger charge is 2.36. The average Bonchev–Trinajstić information content (AvgIpc) is 3.01. The van der Waals surface area contributed by atoms with Gasteiger partial charge >= 0.3 is 6.18 Å². The van der Waals surface area contributed by atoms with E-state index in [1.165, 1.54) is 17.3 Å². The van der Waals surface area contributed by atoms with Crippen molar-refractivity contribution >= 4 is 11.7 Å². The van der Waals surface area contributed by atoms with E-state index in [1.54, 1.807) is 0 Å². The van der Waals surface area contributed by atoms with Crippen LogP contribution in [-0.4, -0.2) is 43.7 Å². The highest BCUT2D eigenvalue weighted by atomic mass is 19.4. The first-order valence-corrected chi connectivity index (χ1v) is 7.61. The number of alkyl halides is 3. The van der Waals surface area contributed by atoms with Crippen LogP contribution in [0.2, 0.25) is 0 Å². The standard InChI is InChI=1S/C14H15F3N6O2/c15-14(16,17)7-9-21-22-12(25-9)8-3-1-2-6-23(8)13(24)10-11(18)20-5-4-19-10/h4-5,8H,1-3,6-7H2,(H2,18,20)/t8-/m1/s1. The Morgan fingerprint density at radius 1 is 1.28 bits per heavy atom. The molecule has 0 bridgehead atoms. The number of carbonyl (C=O) groups excluding carboxylic acids is 1. The number of hydrogen-bond donors (Lipinski definition) is 1. The number of nitrogens with two attached hydrogens (primary N) is 1. The summed E-state index contributed by atoms with van der Waals surface area (Å²) in [5, 5.41) is 7.13. The van der Waals surface area contributed by atoms with E-state index in [1.807, 2.05) is 0 Å². The fourth-order valence-corrected chi connectivity index (χ4v) is 2.73. The van der Waals surface area contributed by atoms with E-state index in [-0.39, 0.29) is 17.4 Å². The summed E-state index contributed by atoms with van der Waals surface area (Å²) in [6.45, 7) is 0.385. The zero-order chi connectivity index (χ0) is 18.0. The van der Waals surface area contributed by atoms with E-state index in [9.17, 15) is 18.0 Å². The third-order valence-electron chi connectivity index (χ3n) is 3.81. The minimum atomic E-state index is -4.44. The molecule has 3 heterocycles. The number of anilines is 1. The summed E-state index contributed by atoms with van der Waals surface area (Å²) in [7, 11) is 0. The van der Waals surface area contributed by atoms with Gasteiger partial charge in [0.1, 0.15) is 12.5 Å². The number of amides is 1.